The Morgan fingerprint density at radius 3 is 0.956 bits per heavy atom. The van der Waals surface area contributed by atoms with Crippen LogP contribution in [0.15, 0.2) is 146 Å². The highest BCUT2D eigenvalue weighted by Crippen LogP contribution is 2.69. The van der Waals surface area contributed by atoms with E-state index in [4.69, 9.17) is 18.9 Å². The van der Waals surface area contributed by atoms with Gasteiger partial charge in [-0.1, -0.05) is 48.5 Å². The summed E-state index contributed by atoms with van der Waals surface area (Å²) in [5, 5.41) is 88.0. The van der Waals surface area contributed by atoms with E-state index in [0.717, 1.165) is 33.4 Å². The summed E-state index contributed by atoms with van der Waals surface area (Å²) in [6, 6.07) is 40.1. The van der Waals surface area contributed by atoms with Gasteiger partial charge in [0.1, 0.15) is 93.4 Å². The molecule has 12 nitrogen and oxygen atoms in total. The highest BCUT2D eigenvalue weighted by Gasteiger charge is 2.55. The van der Waals surface area contributed by atoms with Crippen molar-refractivity contribution in [1.29, 1.82) is 0 Å². The molecule has 12 heteroatoms. The standard InChI is InChI=1S/C56H40O12/c57-30-9-1-25(2-10-30)53-44(29-17-34(61)19-35(62)18-29)49-42(67-53)24-43-50-48(55(68-43)27-5-13-32(59)14-6-27)38-20-36(63)22-40-45(38)47(54(65-40)26-3-11-31(58)12-4-26)39-21-37(64)23-41-46(39)52(51(49)50)56(66-41)28-7-15-33(60)16-8-28/h1-24,44,47-48,52-64H. The van der Waals surface area contributed by atoms with Gasteiger partial charge < -0.3 is 59.8 Å². The topological polar surface area (TPSA) is 199 Å². The molecule has 4 heterocycles. The van der Waals surface area contributed by atoms with Crippen LogP contribution in [-0.2, 0) is 0 Å². The maximum Gasteiger partial charge on any atom is 0.135 e. The van der Waals surface area contributed by atoms with Crippen molar-refractivity contribution in [2.75, 3.05) is 0 Å². The number of fused-ring (bicyclic) bond motifs is 5. The lowest BCUT2D eigenvalue weighted by molar-refractivity contribution is 0.211. The quantitative estimate of drug-likeness (QED) is 0.0814. The fourth-order valence-electron chi connectivity index (χ4n) is 11.7. The highest BCUT2D eigenvalue weighted by atomic mass is 16.5. The van der Waals surface area contributed by atoms with Gasteiger partial charge in [0.25, 0.3) is 0 Å². The lowest BCUT2D eigenvalue weighted by atomic mass is 9.71. The molecular formula is C56H40O12. The second-order valence-electron chi connectivity index (χ2n) is 18.2. The van der Waals surface area contributed by atoms with Crippen LogP contribution < -0.4 is 18.9 Å². The summed E-state index contributed by atoms with van der Waals surface area (Å²) >= 11 is 0. The van der Waals surface area contributed by atoms with E-state index in [1.807, 2.05) is 6.07 Å². The van der Waals surface area contributed by atoms with E-state index in [-0.39, 0.29) is 46.0 Å². The lowest BCUT2D eigenvalue weighted by Gasteiger charge is -2.29. The van der Waals surface area contributed by atoms with Crippen LogP contribution in [0.3, 0.4) is 0 Å². The van der Waals surface area contributed by atoms with Crippen LogP contribution in [0.1, 0.15) is 115 Å². The van der Waals surface area contributed by atoms with E-state index in [9.17, 15) is 40.9 Å². The van der Waals surface area contributed by atoms with Crippen LogP contribution in [-0.4, -0.2) is 40.9 Å². The number of hydrogen-bond donors (Lipinski definition) is 8. The van der Waals surface area contributed by atoms with Crippen molar-refractivity contribution in [1.82, 2.24) is 0 Å². The molecule has 0 amide bonds. The molecule has 0 saturated carbocycles. The molecule has 336 valence electrons. The average Bonchev–Trinajstić information content (AvgIpc) is 4.09. The van der Waals surface area contributed by atoms with Crippen molar-refractivity contribution in [3.63, 3.8) is 0 Å². The lowest BCUT2D eigenvalue weighted by Crippen LogP contribution is -2.19. The van der Waals surface area contributed by atoms with Gasteiger partial charge in [-0.2, -0.15) is 0 Å². The Kier molecular flexibility index (Phi) is 8.42. The molecule has 0 aromatic heterocycles. The monoisotopic (exact) mass is 904 g/mol. The predicted octanol–water partition coefficient (Wildman–Crippen LogP) is 10.7. The normalized spacial score (nSPS) is 23.1. The molecule has 4 aliphatic heterocycles. The third-order valence-corrected chi connectivity index (χ3v) is 14.3. The Morgan fingerprint density at radius 1 is 0.235 bits per heavy atom. The van der Waals surface area contributed by atoms with E-state index in [0.29, 0.717) is 56.4 Å². The summed E-state index contributed by atoms with van der Waals surface area (Å²) in [5.74, 6) is -1.22. The molecule has 1 aliphatic carbocycles. The smallest absolute Gasteiger partial charge is 0.135 e. The van der Waals surface area contributed by atoms with Crippen molar-refractivity contribution in [3.05, 3.63) is 212 Å². The molecule has 8 aromatic carbocycles. The first-order valence-electron chi connectivity index (χ1n) is 22.2. The third-order valence-electron chi connectivity index (χ3n) is 14.3. The van der Waals surface area contributed by atoms with Gasteiger partial charge in [-0.3, -0.25) is 0 Å². The molecule has 13 rings (SSSR count). The average molecular weight is 905 g/mol. The summed E-state index contributed by atoms with van der Waals surface area (Å²) < 4.78 is 28.4. The summed E-state index contributed by atoms with van der Waals surface area (Å²) in [6.07, 6.45) is -3.06. The van der Waals surface area contributed by atoms with E-state index in [1.165, 1.54) is 6.07 Å². The van der Waals surface area contributed by atoms with Crippen LogP contribution in [0.5, 0.6) is 69.0 Å². The van der Waals surface area contributed by atoms with Gasteiger partial charge in [0.05, 0.1) is 23.7 Å². The number of ether oxygens (including phenoxy) is 4. The zero-order valence-corrected chi connectivity index (χ0v) is 35.7. The molecule has 0 spiro atoms. The van der Waals surface area contributed by atoms with E-state index >= 15 is 0 Å². The zero-order chi connectivity index (χ0) is 46.3. The number of phenols is 8. The van der Waals surface area contributed by atoms with Gasteiger partial charge in [-0.05, 0) is 117 Å². The minimum Gasteiger partial charge on any atom is -0.508 e. The fourth-order valence-corrected chi connectivity index (χ4v) is 11.7. The second-order valence-corrected chi connectivity index (χ2v) is 18.2. The molecule has 8 aromatic rings. The minimum atomic E-state index is -0.801. The van der Waals surface area contributed by atoms with Crippen LogP contribution in [0.4, 0.5) is 0 Å². The molecule has 8 atom stereocenters. The number of rotatable bonds is 5. The maximum atomic E-state index is 11.8. The van der Waals surface area contributed by atoms with E-state index in [2.05, 4.69) is 0 Å². The van der Waals surface area contributed by atoms with E-state index in [1.54, 1.807) is 133 Å². The maximum absolute atomic E-state index is 11.8. The summed E-state index contributed by atoms with van der Waals surface area (Å²) in [7, 11) is 0. The Bertz CT molecular complexity index is 3340. The zero-order valence-electron chi connectivity index (χ0n) is 35.7. The van der Waals surface area contributed by atoms with Crippen LogP contribution in [0.2, 0.25) is 0 Å². The van der Waals surface area contributed by atoms with Crippen molar-refractivity contribution in [2.24, 2.45) is 0 Å². The Morgan fingerprint density at radius 2 is 0.544 bits per heavy atom. The largest absolute Gasteiger partial charge is 0.508 e. The molecule has 0 fully saturated rings. The highest BCUT2D eigenvalue weighted by molar-refractivity contribution is 5.74. The molecule has 5 aliphatic rings. The molecule has 8 unspecified atom stereocenters. The number of aromatic hydroxyl groups is 8. The molecule has 8 N–H and O–H groups in total. The number of benzene rings is 8. The van der Waals surface area contributed by atoms with Crippen molar-refractivity contribution >= 4 is 0 Å². The molecule has 68 heavy (non-hydrogen) atoms. The molecule has 0 radical (unpaired) electrons. The van der Waals surface area contributed by atoms with Crippen LogP contribution in [0.25, 0.3) is 0 Å². The first-order chi connectivity index (χ1) is 32.9. The van der Waals surface area contributed by atoms with Gasteiger partial charge in [0, 0.05) is 46.5 Å². The molecule has 0 bridgehead atoms. The second kappa shape index (κ2) is 14.4. The Hall–Kier alpha value is -8.64. The number of phenolic OH excluding ortho intramolecular Hbond substituents is 8. The first kappa shape index (κ1) is 39.7. The van der Waals surface area contributed by atoms with Gasteiger partial charge in [-0.25, -0.2) is 0 Å². The number of hydrogen-bond acceptors (Lipinski definition) is 12. The summed E-state index contributed by atoms with van der Waals surface area (Å²) in [5.41, 5.74) is 8.45. The SMILES string of the molecule is Oc1ccc(C2Oc3cc4c5c(c3C2c2cc(O)cc(O)c2)C2c3c(cc(O)cc3C3c6c(cc(O)cc6C5C(c5ccc(O)cc5)O4)OC3c3ccc(O)cc3)OC2c2ccc(O)cc2)cc1. The third kappa shape index (κ3) is 5.93. The first-order valence-corrected chi connectivity index (χ1v) is 22.2. The van der Waals surface area contributed by atoms with Crippen molar-refractivity contribution < 1.29 is 59.8 Å². The molecular weight excluding hydrogens is 865 g/mol. The van der Waals surface area contributed by atoms with Crippen molar-refractivity contribution in [3.8, 4) is 69.0 Å². The summed E-state index contributed by atoms with van der Waals surface area (Å²) in [4.78, 5) is 0. The summed E-state index contributed by atoms with van der Waals surface area (Å²) in [6.45, 7) is 0. The molecule has 0 saturated heterocycles. The van der Waals surface area contributed by atoms with Gasteiger partial charge >= 0.3 is 0 Å². The van der Waals surface area contributed by atoms with Gasteiger partial charge in [0.2, 0.25) is 0 Å². The van der Waals surface area contributed by atoms with Crippen LogP contribution in [0, 0.1) is 0 Å². The van der Waals surface area contributed by atoms with E-state index < -0.39 is 48.1 Å². The van der Waals surface area contributed by atoms with Crippen molar-refractivity contribution in [2.45, 2.75) is 48.1 Å². The Labute approximate surface area is 388 Å². The van der Waals surface area contributed by atoms with Gasteiger partial charge in [-0.15, -0.1) is 0 Å². The van der Waals surface area contributed by atoms with Gasteiger partial charge in [0.15, 0.2) is 0 Å². The minimum absolute atomic E-state index is 0.0558. The predicted molar refractivity (Wildman–Crippen MR) is 246 cm³/mol. The fraction of sp³-hybridized carbons (Fsp3) is 0.143. The Balaban J connectivity index is 1.19. The van der Waals surface area contributed by atoms with Crippen LogP contribution >= 0.6 is 0 Å².